The van der Waals surface area contributed by atoms with Crippen LogP contribution < -0.4 is 0 Å². The number of carbonyl (C=O) groups is 1. The van der Waals surface area contributed by atoms with Crippen LogP contribution in [0.5, 0.6) is 0 Å². The van der Waals surface area contributed by atoms with Crippen molar-refractivity contribution in [1.82, 2.24) is 4.98 Å². The van der Waals surface area contributed by atoms with E-state index in [0.717, 1.165) is 0 Å². The van der Waals surface area contributed by atoms with Crippen molar-refractivity contribution in [3.63, 3.8) is 0 Å². The number of hydrogen-bond donors (Lipinski definition) is 1. The van der Waals surface area contributed by atoms with Crippen LogP contribution in [0.25, 0.3) is 0 Å². The molecule has 0 radical (unpaired) electrons. The van der Waals surface area contributed by atoms with E-state index >= 15 is 0 Å². The molecule has 1 aromatic rings. The molecule has 9 heteroatoms. The lowest BCUT2D eigenvalue weighted by atomic mass is 10.2. The number of aromatic carboxylic acids is 1. The van der Waals surface area contributed by atoms with Crippen molar-refractivity contribution in [2.45, 2.75) is 6.43 Å². The molecule has 0 aliphatic carbocycles. The summed E-state index contributed by atoms with van der Waals surface area (Å²) in [6.45, 7) is 0. The van der Waals surface area contributed by atoms with E-state index in [-0.39, 0.29) is 6.07 Å². The molecule has 1 rings (SSSR count). The van der Waals surface area contributed by atoms with Gasteiger partial charge in [-0.25, -0.2) is 18.0 Å². The van der Waals surface area contributed by atoms with Crippen LogP contribution in [0.4, 0.5) is 19.0 Å². The third-order valence-electron chi connectivity index (χ3n) is 1.59. The Morgan fingerprint density at radius 1 is 1.56 bits per heavy atom. The van der Waals surface area contributed by atoms with Gasteiger partial charge >= 0.3 is 11.8 Å². The smallest absolute Gasteiger partial charge is 0.383 e. The molecule has 0 bridgehead atoms. The third kappa shape index (κ3) is 2.07. The Balaban J connectivity index is 3.49. The van der Waals surface area contributed by atoms with E-state index < -0.39 is 40.2 Å². The summed E-state index contributed by atoms with van der Waals surface area (Å²) < 4.78 is 37.4. The van der Waals surface area contributed by atoms with Gasteiger partial charge in [0.1, 0.15) is 5.56 Å². The molecule has 0 aliphatic heterocycles. The van der Waals surface area contributed by atoms with Crippen molar-refractivity contribution in [3.8, 4) is 0 Å². The van der Waals surface area contributed by atoms with Crippen LogP contribution in [0, 0.1) is 15.9 Å². The zero-order valence-corrected chi connectivity index (χ0v) is 7.35. The number of carboxylic acids is 1. The molecule has 0 amide bonds. The van der Waals surface area contributed by atoms with E-state index in [1.807, 2.05) is 0 Å². The van der Waals surface area contributed by atoms with Gasteiger partial charge in [0.15, 0.2) is 5.82 Å². The van der Waals surface area contributed by atoms with Gasteiger partial charge in [-0.2, -0.15) is 0 Å². The van der Waals surface area contributed by atoms with E-state index in [1.165, 1.54) is 0 Å². The van der Waals surface area contributed by atoms with Gasteiger partial charge in [-0.15, -0.1) is 0 Å². The molecule has 0 unspecified atom stereocenters. The highest BCUT2D eigenvalue weighted by atomic mass is 19.3. The first-order valence-corrected chi connectivity index (χ1v) is 3.71. The highest BCUT2D eigenvalue weighted by molar-refractivity contribution is 5.86. The van der Waals surface area contributed by atoms with Gasteiger partial charge in [0.25, 0.3) is 12.1 Å². The lowest BCUT2D eigenvalue weighted by Crippen LogP contribution is -2.09. The highest BCUT2D eigenvalue weighted by Gasteiger charge is 2.30. The minimum atomic E-state index is -3.31. The first-order valence-electron chi connectivity index (χ1n) is 3.71. The van der Waals surface area contributed by atoms with Crippen molar-refractivity contribution in [1.29, 1.82) is 0 Å². The first kappa shape index (κ1) is 11.9. The number of nitro groups is 1. The summed E-state index contributed by atoms with van der Waals surface area (Å²) in [5.74, 6) is -4.79. The predicted molar refractivity (Wildman–Crippen MR) is 42.8 cm³/mol. The zero-order chi connectivity index (χ0) is 12.5. The van der Waals surface area contributed by atoms with Crippen LogP contribution in [-0.4, -0.2) is 21.0 Å². The topological polar surface area (TPSA) is 93.3 Å². The van der Waals surface area contributed by atoms with Crippen LogP contribution in [0.1, 0.15) is 22.5 Å². The van der Waals surface area contributed by atoms with Crippen molar-refractivity contribution in [2.75, 3.05) is 0 Å². The van der Waals surface area contributed by atoms with Gasteiger partial charge in [0.2, 0.25) is 0 Å². The van der Waals surface area contributed by atoms with Gasteiger partial charge in [-0.1, -0.05) is 0 Å². The molecule has 0 atom stereocenters. The molecule has 0 aromatic carbocycles. The largest absolute Gasteiger partial charge is 0.475 e. The van der Waals surface area contributed by atoms with E-state index in [0.29, 0.717) is 0 Å². The predicted octanol–water partition coefficient (Wildman–Crippen LogP) is 1.76. The molecule has 0 fully saturated rings. The second kappa shape index (κ2) is 4.13. The lowest BCUT2D eigenvalue weighted by Gasteiger charge is -2.01. The Hall–Kier alpha value is -2.19. The Bertz CT molecular complexity index is 463. The summed E-state index contributed by atoms with van der Waals surface area (Å²) in [7, 11) is 0. The average Bonchev–Trinajstić information content (AvgIpc) is 2.15. The van der Waals surface area contributed by atoms with Crippen molar-refractivity contribution < 1.29 is 28.0 Å². The monoisotopic (exact) mass is 236 g/mol. The van der Waals surface area contributed by atoms with Crippen molar-refractivity contribution in [3.05, 3.63) is 33.3 Å². The number of halogens is 3. The molecule has 0 spiro atoms. The summed E-state index contributed by atoms with van der Waals surface area (Å²) in [6.07, 6.45) is -3.31. The van der Waals surface area contributed by atoms with Crippen LogP contribution in [0.15, 0.2) is 6.07 Å². The van der Waals surface area contributed by atoms with Crippen molar-refractivity contribution >= 4 is 11.8 Å². The standard InChI is InChI=1S/C7H3F3N2O4/c8-3-1-2(5(9)10)6(12(15)16)11-4(3)7(13)14/h1,5H,(H,13,14). The summed E-state index contributed by atoms with van der Waals surface area (Å²) in [5.41, 5.74) is -2.52. The fourth-order valence-corrected chi connectivity index (χ4v) is 0.950. The maximum atomic E-state index is 12.9. The van der Waals surface area contributed by atoms with Crippen LogP contribution in [-0.2, 0) is 0 Å². The molecule has 86 valence electrons. The normalized spacial score (nSPS) is 10.5. The molecule has 1 aromatic heterocycles. The summed E-state index contributed by atoms with van der Waals surface area (Å²) in [6, 6.07) is 0.0965. The number of aromatic nitrogens is 1. The fraction of sp³-hybridized carbons (Fsp3) is 0.143. The Labute approximate surface area is 85.5 Å². The molecule has 6 nitrogen and oxygen atoms in total. The van der Waals surface area contributed by atoms with Gasteiger partial charge in [0.05, 0.1) is 0 Å². The van der Waals surface area contributed by atoms with E-state index in [2.05, 4.69) is 4.98 Å². The minimum Gasteiger partial charge on any atom is -0.475 e. The maximum absolute atomic E-state index is 12.9. The van der Waals surface area contributed by atoms with E-state index in [1.54, 1.807) is 0 Å². The highest BCUT2D eigenvalue weighted by Crippen LogP contribution is 2.28. The fourth-order valence-electron chi connectivity index (χ4n) is 0.950. The summed E-state index contributed by atoms with van der Waals surface area (Å²) in [4.78, 5) is 22.1. The molecular formula is C7H3F3N2O4. The Morgan fingerprint density at radius 2 is 2.12 bits per heavy atom. The summed E-state index contributed by atoms with van der Waals surface area (Å²) in [5, 5.41) is 18.7. The third-order valence-corrected chi connectivity index (χ3v) is 1.59. The number of pyridine rings is 1. The molecule has 1 heterocycles. The SMILES string of the molecule is O=C(O)c1nc([N+](=O)[O-])c(C(F)F)cc1F. The van der Waals surface area contributed by atoms with Gasteiger partial charge in [0, 0.05) is 0 Å². The lowest BCUT2D eigenvalue weighted by molar-refractivity contribution is -0.391. The Morgan fingerprint density at radius 3 is 2.50 bits per heavy atom. The van der Waals surface area contributed by atoms with E-state index in [4.69, 9.17) is 5.11 Å². The average molecular weight is 236 g/mol. The summed E-state index contributed by atoms with van der Waals surface area (Å²) >= 11 is 0. The second-order valence-corrected chi connectivity index (χ2v) is 2.59. The van der Waals surface area contributed by atoms with Gasteiger partial charge in [-0.3, -0.25) is 0 Å². The minimum absolute atomic E-state index is 0.0965. The number of rotatable bonds is 3. The number of hydrogen-bond acceptors (Lipinski definition) is 4. The number of alkyl halides is 2. The molecule has 1 N–H and O–H groups in total. The number of nitrogens with zero attached hydrogens (tertiary/aromatic N) is 2. The number of carboxylic acid groups (broad SMARTS) is 1. The molecule has 0 saturated heterocycles. The first-order chi connectivity index (χ1) is 7.34. The second-order valence-electron chi connectivity index (χ2n) is 2.59. The van der Waals surface area contributed by atoms with Gasteiger partial charge < -0.3 is 15.2 Å². The van der Waals surface area contributed by atoms with Crippen LogP contribution in [0.2, 0.25) is 0 Å². The maximum Gasteiger partial charge on any atom is 0.383 e. The zero-order valence-electron chi connectivity index (χ0n) is 7.35. The quantitative estimate of drug-likeness (QED) is 0.637. The van der Waals surface area contributed by atoms with Gasteiger partial charge in [-0.05, 0) is 16.0 Å². The van der Waals surface area contributed by atoms with Crippen LogP contribution in [0.3, 0.4) is 0 Å². The molecular weight excluding hydrogens is 233 g/mol. The van der Waals surface area contributed by atoms with Crippen LogP contribution >= 0.6 is 0 Å². The Kier molecular flexibility index (Phi) is 3.06. The molecule has 0 saturated carbocycles. The van der Waals surface area contributed by atoms with E-state index in [9.17, 15) is 28.1 Å². The molecule has 0 aliphatic rings. The van der Waals surface area contributed by atoms with Crippen molar-refractivity contribution in [2.24, 2.45) is 0 Å². The molecule has 16 heavy (non-hydrogen) atoms.